The van der Waals surface area contributed by atoms with Gasteiger partial charge in [-0.3, -0.25) is 4.79 Å². The molecule has 0 spiro atoms. The van der Waals surface area contributed by atoms with Crippen LogP contribution < -0.4 is 5.32 Å². The summed E-state index contributed by atoms with van der Waals surface area (Å²) in [5.41, 5.74) is 0.650. The Morgan fingerprint density at radius 3 is 2.29 bits per heavy atom. The van der Waals surface area contributed by atoms with Crippen molar-refractivity contribution in [1.29, 1.82) is 0 Å². The molecular weight excluding hydrogens is 262 g/mol. The lowest BCUT2D eigenvalue weighted by atomic mass is 9.96. The van der Waals surface area contributed by atoms with Crippen molar-refractivity contribution >= 4 is 12.0 Å². The molecule has 3 nitrogen and oxygen atoms in total. The Hall–Kier alpha value is -2.39. The molecule has 21 heavy (non-hydrogen) atoms. The van der Waals surface area contributed by atoms with Gasteiger partial charge in [-0.1, -0.05) is 60.7 Å². The summed E-state index contributed by atoms with van der Waals surface area (Å²) in [6.45, 7) is 1.85. The molecule has 108 valence electrons. The molecule has 0 saturated heterocycles. The zero-order valence-electron chi connectivity index (χ0n) is 12.0. The van der Waals surface area contributed by atoms with E-state index >= 15 is 0 Å². The largest absolute Gasteiger partial charge is 0.384 e. The average Bonchev–Trinajstić information content (AvgIpc) is 2.53. The fourth-order valence-electron chi connectivity index (χ4n) is 1.95. The van der Waals surface area contributed by atoms with Crippen molar-refractivity contribution in [2.75, 3.05) is 6.54 Å². The van der Waals surface area contributed by atoms with Gasteiger partial charge in [0.05, 0.1) is 6.54 Å². The molecule has 0 aliphatic rings. The van der Waals surface area contributed by atoms with Gasteiger partial charge in [0.25, 0.3) is 0 Å². The van der Waals surface area contributed by atoms with Crippen molar-refractivity contribution < 1.29 is 9.90 Å². The fourth-order valence-corrected chi connectivity index (χ4v) is 1.95. The lowest BCUT2D eigenvalue weighted by molar-refractivity contribution is -0.117. The summed E-state index contributed by atoms with van der Waals surface area (Å²) in [6.07, 6.45) is 3.21. The van der Waals surface area contributed by atoms with Crippen LogP contribution in [0.1, 0.15) is 18.1 Å². The number of benzene rings is 2. The summed E-state index contributed by atoms with van der Waals surface area (Å²) >= 11 is 0. The highest BCUT2D eigenvalue weighted by Gasteiger charge is 2.22. The molecule has 2 aromatic rings. The van der Waals surface area contributed by atoms with Crippen molar-refractivity contribution in [2.24, 2.45) is 0 Å². The number of hydrogen-bond donors (Lipinski definition) is 2. The second kappa shape index (κ2) is 6.86. The molecule has 2 rings (SSSR count). The minimum Gasteiger partial charge on any atom is -0.384 e. The Balaban J connectivity index is 1.91. The number of hydrogen-bond acceptors (Lipinski definition) is 2. The van der Waals surface area contributed by atoms with Gasteiger partial charge in [-0.25, -0.2) is 0 Å². The van der Waals surface area contributed by atoms with Crippen LogP contribution in [0.5, 0.6) is 0 Å². The maximum atomic E-state index is 11.8. The molecule has 0 radical (unpaired) electrons. The smallest absolute Gasteiger partial charge is 0.244 e. The van der Waals surface area contributed by atoms with Gasteiger partial charge >= 0.3 is 0 Å². The molecule has 0 aliphatic carbocycles. The Morgan fingerprint density at radius 1 is 1.10 bits per heavy atom. The zero-order valence-corrected chi connectivity index (χ0v) is 12.0. The van der Waals surface area contributed by atoms with Crippen molar-refractivity contribution in [2.45, 2.75) is 12.5 Å². The molecule has 0 saturated carbocycles. The van der Waals surface area contributed by atoms with Crippen LogP contribution in [0.4, 0.5) is 0 Å². The van der Waals surface area contributed by atoms with Crippen LogP contribution in [-0.4, -0.2) is 17.6 Å². The molecule has 1 atom stereocenters. The maximum Gasteiger partial charge on any atom is 0.244 e. The van der Waals surface area contributed by atoms with E-state index in [0.29, 0.717) is 0 Å². The molecule has 0 fully saturated rings. The second-order valence-corrected chi connectivity index (χ2v) is 5.10. The second-order valence-electron chi connectivity index (χ2n) is 5.10. The molecule has 0 aliphatic heterocycles. The van der Waals surface area contributed by atoms with Crippen LogP contribution in [0.25, 0.3) is 6.08 Å². The average molecular weight is 281 g/mol. The van der Waals surface area contributed by atoms with Gasteiger partial charge in [0.15, 0.2) is 0 Å². The highest BCUT2D eigenvalue weighted by Crippen LogP contribution is 2.18. The minimum absolute atomic E-state index is 0.162. The predicted molar refractivity (Wildman–Crippen MR) is 84.5 cm³/mol. The lowest BCUT2D eigenvalue weighted by Gasteiger charge is -2.23. The number of nitrogens with one attached hydrogen (secondary N) is 1. The number of carbonyl (C=O) groups is 1. The molecule has 2 N–H and O–H groups in total. The number of rotatable bonds is 5. The van der Waals surface area contributed by atoms with Crippen molar-refractivity contribution in [1.82, 2.24) is 5.32 Å². The first-order valence-electron chi connectivity index (χ1n) is 6.87. The summed E-state index contributed by atoms with van der Waals surface area (Å²) in [4.78, 5) is 11.8. The molecule has 0 unspecified atom stereocenters. The van der Waals surface area contributed by atoms with Gasteiger partial charge in [-0.2, -0.15) is 0 Å². The summed E-state index contributed by atoms with van der Waals surface area (Å²) in [6, 6.07) is 18.9. The van der Waals surface area contributed by atoms with E-state index in [4.69, 9.17) is 0 Å². The Kier molecular flexibility index (Phi) is 4.90. The summed E-state index contributed by atoms with van der Waals surface area (Å²) < 4.78 is 0. The van der Waals surface area contributed by atoms with Crippen molar-refractivity contribution in [3.63, 3.8) is 0 Å². The van der Waals surface area contributed by atoms with E-state index in [0.717, 1.165) is 11.1 Å². The molecule has 0 heterocycles. The highest BCUT2D eigenvalue weighted by molar-refractivity contribution is 5.91. The number of carbonyl (C=O) groups excluding carboxylic acids is 1. The van der Waals surface area contributed by atoms with Crippen LogP contribution >= 0.6 is 0 Å². The van der Waals surface area contributed by atoms with E-state index in [1.54, 1.807) is 13.0 Å². The van der Waals surface area contributed by atoms with Gasteiger partial charge < -0.3 is 10.4 Å². The third-order valence-electron chi connectivity index (χ3n) is 3.23. The van der Waals surface area contributed by atoms with Crippen molar-refractivity contribution in [3.8, 4) is 0 Å². The standard InChI is InChI=1S/C18H19NO2/c1-18(21,16-10-6-3-7-11-16)14-19-17(20)13-12-15-8-4-2-5-9-15/h2-13,21H,14H2,1H3,(H,19,20)/b13-12+/t18-/m1/s1. The van der Waals surface area contributed by atoms with Crippen LogP contribution in [0.15, 0.2) is 66.7 Å². The molecule has 0 bridgehead atoms. The van der Waals surface area contributed by atoms with E-state index in [9.17, 15) is 9.90 Å². The Labute approximate surface area is 124 Å². The molecule has 1 amide bonds. The highest BCUT2D eigenvalue weighted by atomic mass is 16.3. The first kappa shape index (κ1) is 15.0. The van der Waals surface area contributed by atoms with E-state index in [2.05, 4.69) is 5.32 Å². The Morgan fingerprint density at radius 2 is 1.67 bits per heavy atom. The Bertz CT molecular complexity index is 604. The van der Waals surface area contributed by atoms with Gasteiger partial charge in [0.2, 0.25) is 5.91 Å². The van der Waals surface area contributed by atoms with Crippen LogP contribution in [0, 0.1) is 0 Å². The topological polar surface area (TPSA) is 49.3 Å². The maximum absolute atomic E-state index is 11.8. The first-order valence-corrected chi connectivity index (χ1v) is 6.87. The normalized spacial score (nSPS) is 13.8. The summed E-state index contributed by atoms with van der Waals surface area (Å²) in [5, 5.41) is 13.1. The number of aliphatic hydroxyl groups is 1. The molecule has 3 heteroatoms. The van der Waals surface area contributed by atoms with Gasteiger partial charge in [0.1, 0.15) is 5.60 Å². The van der Waals surface area contributed by atoms with E-state index in [1.807, 2.05) is 60.7 Å². The quantitative estimate of drug-likeness (QED) is 0.828. The van der Waals surface area contributed by atoms with E-state index in [1.165, 1.54) is 6.08 Å². The molecule has 2 aromatic carbocycles. The zero-order chi connectivity index (χ0) is 15.1. The third-order valence-corrected chi connectivity index (χ3v) is 3.23. The number of amides is 1. The first-order chi connectivity index (χ1) is 10.1. The van der Waals surface area contributed by atoms with Crippen molar-refractivity contribution in [3.05, 3.63) is 77.9 Å². The predicted octanol–water partition coefficient (Wildman–Crippen LogP) is 2.72. The molecular formula is C18H19NO2. The third kappa shape index (κ3) is 4.58. The van der Waals surface area contributed by atoms with Crippen LogP contribution in [-0.2, 0) is 10.4 Å². The van der Waals surface area contributed by atoms with E-state index in [-0.39, 0.29) is 12.5 Å². The van der Waals surface area contributed by atoms with E-state index < -0.39 is 5.60 Å². The summed E-state index contributed by atoms with van der Waals surface area (Å²) in [7, 11) is 0. The SMILES string of the molecule is C[C@@](O)(CNC(=O)/C=C/c1ccccc1)c1ccccc1. The molecule has 0 aromatic heterocycles. The fraction of sp³-hybridized carbons (Fsp3) is 0.167. The van der Waals surface area contributed by atoms with Crippen LogP contribution in [0.3, 0.4) is 0 Å². The summed E-state index contributed by atoms with van der Waals surface area (Å²) in [5.74, 6) is -0.227. The minimum atomic E-state index is -1.09. The van der Waals surface area contributed by atoms with Gasteiger partial charge in [-0.05, 0) is 24.1 Å². The van der Waals surface area contributed by atoms with Gasteiger partial charge in [0, 0.05) is 6.08 Å². The van der Waals surface area contributed by atoms with Gasteiger partial charge in [-0.15, -0.1) is 0 Å². The lowest BCUT2D eigenvalue weighted by Crippen LogP contribution is -2.37. The monoisotopic (exact) mass is 281 g/mol. The van der Waals surface area contributed by atoms with Crippen LogP contribution in [0.2, 0.25) is 0 Å².